The molecule has 10 heteroatoms. The zero-order chi connectivity index (χ0) is 29.6. The van der Waals surface area contributed by atoms with Gasteiger partial charge >= 0.3 is 0 Å². The van der Waals surface area contributed by atoms with E-state index in [9.17, 15) is 18.0 Å². The number of hydrogen-bond donors (Lipinski definition) is 1. The number of rotatable bonds is 11. The number of carbonyl (C=O) groups is 2. The zero-order valence-electron chi connectivity index (χ0n) is 23.2. The molecule has 1 N–H and O–H groups in total. The van der Waals surface area contributed by atoms with Gasteiger partial charge in [0.05, 0.1) is 11.9 Å². The fraction of sp³-hybridized carbons (Fsp3) is 0.355. The van der Waals surface area contributed by atoms with Gasteiger partial charge in [-0.1, -0.05) is 84.6 Å². The lowest BCUT2D eigenvalue weighted by Gasteiger charge is -2.34. The zero-order valence-corrected chi connectivity index (χ0v) is 25.6. The van der Waals surface area contributed by atoms with E-state index in [1.807, 2.05) is 37.3 Å². The van der Waals surface area contributed by atoms with Crippen LogP contribution in [0.15, 0.2) is 72.8 Å². The lowest BCUT2D eigenvalue weighted by atomic mass is 10.0. The van der Waals surface area contributed by atoms with E-state index in [-0.39, 0.29) is 30.6 Å². The van der Waals surface area contributed by atoms with Gasteiger partial charge in [0.1, 0.15) is 12.6 Å². The van der Waals surface area contributed by atoms with Crippen molar-refractivity contribution in [1.82, 2.24) is 10.2 Å². The number of anilines is 1. The van der Waals surface area contributed by atoms with Gasteiger partial charge in [-0.3, -0.25) is 13.9 Å². The first-order valence-electron chi connectivity index (χ1n) is 13.6. The van der Waals surface area contributed by atoms with Crippen molar-refractivity contribution in [3.05, 3.63) is 99.5 Å². The van der Waals surface area contributed by atoms with Crippen LogP contribution in [-0.2, 0) is 32.6 Å². The van der Waals surface area contributed by atoms with Crippen molar-refractivity contribution in [3.63, 3.8) is 0 Å². The van der Waals surface area contributed by atoms with Crippen LogP contribution < -0.4 is 9.62 Å². The van der Waals surface area contributed by atoms with E-state index in [0.29, 0.717) is 10.0 Å². The lowest BCUT2D eigenvalue weighted by Crippen LogP contribution is -2.54. The number of hydrogen-bond acceptors (Lipinski definition) is 4. The molecule has 0 heterocycles. The predicted octanol–water partition coefficient (Wildman–Crippen LogP) is 5.77. The molecule has 0 spiro atoms. The third kappa shape index (κ3) is 8.47. The molecule has 3 aromatic carbocycles. The Morgan fingerprint density at radius 2 is 1.61 bits per heavy atom. The Morgan fingerprint density at radius 1 is 0.951 bits per heavy atom. The molecule has 41 heavy (non-hydrogen) atoms. The van der Waals surface area contributed by atoms with Gasteiger partial charge in [-0.05, 0) is 60.7 Å². The minimum atomic E-state index is -3.87. The topological polar surface area (TPSA) is 86.8 Å². The van der Waals surface area contributed by atoms with E-state index >= 15 is 0 Å². The highest BCUT2D eigenvalue weighted by Crippen LogP contribution is 2.26. The Hall–Kier alpha value is -3.07. The number of aryl methyl sites for hydroxylation is 1. The summed E-state index contributed by atoms with van der Waals surface area (Å²) in [4.78, 5) is 29.5. The molecule has 0 aliphatic heterocycles. The van der Waals surface area contributed by atoms with Gasteiger partial charge in [-0.25, -0.2) is 8.42 Å². The van der Waals surface area contributed by atoms with Crippen LogP contribution in [0.3, 0.4) is 0 Å². The van der Waals surface area contributed by atoms with Gasteiger partial charge < -0.3 is 10.2 Å². The highest BCUT2D eigenvalue weighted by molar-refractivity contribution is 7.92. The molecule has 218 valence electrons. The molecule has 1 atom stereocenters. The van der Waals surface area contributed by atoms with Gasteiger partial charge in [-0.2, -0.15) is 0 Å². The summed E-state index contributed by atoms with van der Waals surface area (Å²) in [5.41, 5.74) is 2.71. The smallest absolute Gasteiger partial charge is 0.244 e. The van der Waals surface area contributed by atoms with E-state index in [1.165, 1.54) is 11.0 Å². The Kier molecular flexibility index (Phi) is 10.3. The Morgan fingerprint density at radius 3 is 2.22 bits per heavy atom. The number of amides is 2. The first-order valence-corrected chi connectivity index (χ1v) is 16.2. The van der Waals surface area contributed by atoms with Crippen molar-refractivity contribution in [1.29, 1.82) is 0 Å². The largest absolute Gasteiger partial charge is 0.352 e. The van der Waals surface area contributed by atoms with Crippen LogP contribution >= 0.6 is 23.2 Å². The third-order valence-electron chi connectivity index (χ3n) is 7.36. The summed E-state index contributed by atoms with van der Waals surface area (Å²) in [6.45, 7) is 1.42. The van der Waals surface area contributed by atoms with E-state index in [1.54, 1.807) is 36.4 Å². The van der Waals surface area contributed by atoms with E-state index in [2.05, 4.69) is 5.32 Å². The molecule has 1 aliphatic carbocycles. The molecule has 1 fully saturated rings. The summed E-state index contributed by atoms with van der Waals surface area (Å²) < 4.78 is 26.9. The average Bonchev–Trinajstić information content (AvgIpc) is 3.45. The molecule has 2 amide bonds. The van der Waals surface area contributed by atoms with Crippen LogP contribution in [0.1, 0.15) is 42.4 Å². The standard InChI is InChI=1S/C31H35Cl2N3O4S/c1-22-12-17-27(19-28(22)33)36(41(2,39)40)21-30(37)35(20-24-13-15-25(32)16-14-24)29(18-23-8-4-3-5-9-23)31(38)34-26-10-6-7-11-26/h3-5,8-9,12-17,19,26,29H,6-7,10-11,18,20-21H2,1-2H3,(H,34,38)/t29-/m0/s1. The van der Waals surface area contributed by atoms with Gasteiger partial charge in [0.15, 0.2) is 0 Å². The van der Waals surface area contributed by atoms with Crippen LogP contribution in [0.25, 0.3) is 0 Å². The van der Waals surface area contributed by atoms with E-state index in [4.69, 9.17) is 23.2 Å². The van der Waals surface area contributed by atoms with E-state index in [0.717, 1.165) is 52.9 Å². The van der Waals surface area contributed by atoms with Crippen LogP contribution in [0.2, 0.25) is 10.0 Å². The van der Waals surface area contributed by atoms with Crippen molar-refractivity contribution in [2.45, 2.75) is 57.7 Å². The molecule has 0 bridgehead atoms. The summed E-state index contributed by atoms with van der Waals surface area (Å²) in [6, 6.07) is 20.6. The minimum Gasteiger partial charge on any atom is -0.352 e. The molecular weight excluding hydrogens is 581 g/mol. The lowest BCUT2D eigenvalue weighted by molar-refractivity contribution is -0.140. The number of benzene rings is 3. The SMILES string of the molecule is Cc1ccc(N(CC(=O)N(Cc2ccc(Cl)cc2)[C@@H](Cc2ccccc2)C(=O)NC2CCCC2)S(C)(=O)=O)cc1Cl. The van der Waals surface area contributed by atoms with Crippen LogP contribution in [-0.4, -0.2) is 50.0 Å². The first-order chi connectivity index (χ1) is 19.5. The molecule has 3 aromatic rings. The average molecular weight is 617 g/mol. The number of carbonyl (C=O) groups excluding carboxylic acids is 2. The molecule has 0 saturated heterocycles. The second-order valence-electron chi connectivity index (χ2n) is 10.5. The molecule has 7 nitrogen and oxygen atoms in total. The number of nitrogens with zero attached hydrogens (tertiary/aromatic N) is 2. The first kappa shape index (κ1) is 30.9. The Labute approximate surface area is 252 Å². The molecule has 0 aromatic heterocycles. The van der Waals surface area contributed by atoms with Crippen molar-refractivity contribution in [2.75, 3.05) is 17.1 Å². The monoisotopic (exact) mass is 615 g/mol. The second kappa shape index (κ2) is 13.7. The summed E-state index contributed by atoms with van der Waals surface area (Å²) in [7, 11) is -3.87. The summed E-state index contributed by atoms with van der Waals surface area (Å²) in [5.74, 6) is -0.767. The maximum atomic E-state index is 14.2. The van der Waals surface area contributed by atoms with Crippen molar-refractivity contribution in [2.24, 2.45) is 0 Å². The molecular formula is C31H35Cl2N3O4S. The fourth-order valence-corrected chi connectivity index (χ4v) is 6.20. The van der Waals surface area contributed by atoms with Crippen molar-refractivity contribution in [3.8, 4) is 0 Å². The number of halogens is 2. The van der Waals surface area contributed by atoms with Gasteiger partial charge in [0.2, 0.25) is 21.8 Å². The molecule has 0 radical (unpaired) electrons. The maximum absolute atomic E-state index is 14.2. The molecule has 0 unspecified atom stereocenters. The van der Waals surface area contributed by atoms with Gasteiger partial charge in [-0.15, -0.1) is 0 Å². The molecule has 1 saturated carbocycles. The minimum absolute atomic E-state index is 0.0514. The highest BCUT2D eigenvalue weighted by atomic mass is 35.5. The van der Waals surface area contributed by atoms with Crippen LogP contribution in [0.4, 0.5) is 5.69 Å². The quantitative estimate of drug-likeness (QED) is 0.297. The molecule has 1 aliphatic rings. The van der Waals surface area contributed by atoms with Crippen molar-refractivity contribution < 1.29 is 18.0 Å². The summed E-state index contributed by atoms with van der Waals surface area (Å²) in [6.07, 6.45) is 5.20. The Balaban J connectivity index is 1.72. The van der Waals surface area contributed by atoms with Crippen LogP contribution in [0.5, 0.6) is 0 Å². The van der Waals surface area contributed by atoms with Crippen molar-refractivity contribution >= 4 is 50.7 Å². The number of nitrogens with one attached hydrogen (secondary N) is 1. The summed E-state index contributed by atoms with van der Waals surface area (Å²) >= 11 is 12.4. The maximum Gasteiger partial charge on any atom is 0.244 e. The normalized spacial score (nSPS) is 14.4. The third-order valence-corrected chi connectivity index (χ3v) is 9.16. The van der Waals surface area contributed by atoms with E-state index < -0.39 is 28.5 Å². The second-order valence-corrected chi connectivity index (χ2v) is 13.3. The predicted molar refractivity (Wildman–Crippen MR) is 165 cm³/mol. The fourth-order valence-electron chi connectivity index (χ4n) is 5.06. The van der Waals surface area contributed by atoms with Crippen LogP contribution in [0, 0.1) is 6.92 Å². The number of sulfonamides is 1. The highest BCUT2D eigenvalue weighted by Gasteiger charge is 2.34. The van der Waals surface area contributed by atoms with Gasteiger partial charge in [0.25, 0.3) is 0 Å². The molecule has 4 rings (SSSR count). The Bertz CT molecular complexity index is 1460. The summed E-state index contributed by atoms with van der Waals surface area (Å²) in [5, 5.41) is 4.09. The van der Waals surface area contributed by atoms with Gasteiger partial charge in [0, 0.05) is 29.1 Å².